The number of nitrogens with zero attached hydrogens (tertiary/aromatic N) is 2. The topological polar surface area (TPSA) is 64.0 Å². The highest BCUT2D eigenvalue weighted by molar-refractivity contribution is 5.91. The minimum atomic E-state index is -0.187. The predicted octanol–water partition coefficient (Wildman–Crippen LogP) is 1.38. The fourth-order valence-corrected chi connectivity index (χ4v) is 1.81. The third-order valence-electron chi connectivity index (χ3n) is 2.95. The van der Waals surface area contributed by atoms with Crippen LogP contribution in [-0.2, 0) is 11.3 Å². The van der Waals surface area contributed by atoms with Gasteiger partial charge in [-0.3, -0.25) is 14.2 Å². The van der Waals surface area contributed by atoms with Gasteiger partial charge in [0.2, 0.25) is 5.91 Å². The maximum absolute atomic E-state index is 11.8. The minimum absolute atomic E-state index is 0.0842. The van der Waals surface area contributed by atoms with E-state index in [2.05, 4.69) is 10.3 Å². The molecule has 2 rings (SSSR count). The number of nitrogens with one attached hydrogen (secondary N) is 1. The first kappa shape index (κ1) is 14.7. The molecule has 1 heterocycles. The highest BCUT2D eigenvalue weighted by Crippen LogP contribution is 2.00. The largest absolute Gasteiger partial charge is 0.351 e. The predicted molar refractivity (Wildman–Crippen MR) is 81.7 cm³/mol. The number of carbonyl (C=O) groups excluding carboxylic acids is 1. The van der Waals surface area contributed by atoms with Crippen molar-refractivity contribution in [1.82, 2.24) is 14.9 Å². The zero-order valence-electron chi connectivity index (χ0n) is 11.8. The van der Waals surface area contributed by atoms with E-state index in [9.17, 15) is 9.59 Å². The molecule has 0 aliphatic carbocycles. The van der Waals surface area contributed by atoms with Gasteiger partial charge in [-0.05, 0) is 18.6 Å². The second-order valence-electron chi connectivity index (χ2n) is 4.61. The average molecular weight is 283 g/mol. The van der Waals surface area contributed by atoms with Gasteiger partial charge in [0.05, 0.1) is 6.33 Å². The molecule has 1 N–H and O–H groups in total. The Hall–Kier alpha value is -2.69. The van der Waals surface area contributed by atoms with E-state index in [1.54, 1.807) is 13.0 Å². The summed E-state index contributed by atoms with van der Waals surface area (Å²) >= 11 is 0. The van der Waals surface area contributed by atoms with Crippen LogP contribution in [0.15, 0.2) is 53.7 Å². The molecule has 1 amide bonds. The van der Waals surface area contributed by atoms with Gasteiger partial charge in [-0.1, -0.05) is 30.3 Å². The van der Waals surface area contributed by atoms with E-state index in [0.717, 1.165) is 5.56 Å². The quantitative estimate of drug-likeness (QED) is 0.843. The van der Waals surface area contributed by atoms with Crippen molar-refractivity contribution < 1.29 is 4.79 Å². The van der Waals surface area contributed by atoms with E-state index in [1.807, 2.05) is 30.3 Å². The van der Waals surface area contributed by atoms with Gasteiger partial charge in [0, 0.05) is 30.9 Å². The van der Waals surface area contributed by atoms with Crippen LogP contribution in [0.2, 0.25) is 0 Å². The van der Waals surface area contributed by atoms with E-state index in [0.29, 0.717) is 18.7 Å². The Morgan fingerprint density at radius 3 is 2.86 bits per heavy atom. The van der Waals surface area contributed by atoms with Crippen LogP contribution in [0.25, 0.3) is 6.08 Å². The number of hydrogen-bond donors (Lipinski definition) is 1. The van der Waals surface area contributed by atoms with Gasteiger partial charge in [0.1, 0.15) is 0 Å². The smallest absolute Gasteiger partial charge is 0.256 e. The number of benzene rings is 1. The number of rotatable bonds is 5. The van der Waals surface area contributed by atoms with E-state index in [4.69, 9.17) is 0 Å². The third kappa shape index (κ3) is 4.42. The maximum atomic E-state index is 11.8. The number of hydrogen-bond acceptors (Lipinski definition) is 3. The lowest BCUT2D eigenvalue weighted by Gasteiger charge is -2.06. The van der Waals surface area contributed by atoms with Gasteiger partial charge >= 0.3 is 0 Å². The molecule has 1 aromatic carbocycles. The standard InChI is InChI=1S/C16H17N3O2/c1-13-11-17-12-19(16(13)21)10-9-18-15(20)8-7-14-5-3-2-4-6-14/h2-8,11-12H,9-10H2,1H3,(H,18,20)/b8-7+. The Bertz CT molecular complexity index is 690. The Balaban J connectivity index is 1.83. The van der Waals surface area contributed by atoms with E-state index >= 15 is 0 Å². The van der Waals surface area contributed by atoms with Crippen molar-refractivity contribution in [3.63, 3.8) is 0 Å². The van der Waals surface area contributed by atoms with E-state index < -0.39 is 0 Å². The highest BCUT2D eigenvalue weighted by Gasteiger charge is 2.00. The lowest BCUT2D eigenvalue weighted by molar-refractivity contribution is -0.116. The zero-order valence-corrected chi connectivity index (χ0v) is 11.8. The van der Waals surface area contributed by atoms with Gasteiger partial charge < -0.3 is 5.32 Å². The van der Waals surface area contributed by atoms with Crippen LogP contribution < -0.4 is 10.9 Å². The van der Waals surface area contributed by atoms with Crippen molar-refractivity contribution >= 4 is 12.0 Å². The lowest BCUT2D eigenvalue weighted by atomic mass is 10.2. The van der Waals surface area contributed by atoms with Crippen LogP contribution in [0.1, 0.15) is 11.1 Å². The van der Waals surface area contributed by atoms with E-state index in [-0.39, 0.29) is 11.5 Å². The van der Waals surface area contributed by atoms with Crippen molar-refractivity contribution in [2.24, 2.45) is 0 Å². The van der Waals surface area contributed by atoms with Crippen LogP contribution >= 0.6 is 0 Å². The Labute approximate surface area is 123 Å². The number of carbonyl (C=O) groups is 1. The van der Waals surface area contributed by atoms with Gasteiger partial charge in [-0.15, -0.1) is 0 Å². The second kappa shape index (κ2) is 7.19. The summed E-state index contributed by atoms with van der Waals surface area (Å²) in [5, 5.41) is 2.73. The first-order valence-corrected chi connectivity index (χ1v) is 6.69. The third-order valence-corrected chi connectivity index (χ3v) is 2.95. The summed E-state index contributed by atoms with van der Waals surface area (Å²) in [6.07, 6.45) is 6.23. The summed E-state index contributed by atoms with van der Waals surface area (Å²) in [5.74, 6) is -0.187. The molecule has 0 saturated carbocycles. The van der Waals surface area contributed by atoms with Crippen LogP contribution in [0, 0.1) is 6.92 Å². The molecule has 5 heteroatoms. The second-order valence-corrected chi connectivity index (χ2v) is 4.61. The van der Waals surface area contributed by atoms with Gasteiger partial charge in [-0.25, -0.2) is 4.98 Å². The van der Waals surface area contributed by atoms with Crippen LogP contribution in [0.3, 0.4) is 0 Å². The van der Waals surface area contributed by atoms with E-state index in [1.165, 1.54) is 23.2 Å². The Morgan fingerprint density at radius 2 is 2.10 bits per heavy atom. The van der Waals surface area contributed by atoms with Crippen molar-refractivity contribution in [2.75, 3.05) is 6.54 Å². The maximum Gasteiger partial charge on any atom is 0.256 e. The summed E-state index contributed by atoms with van der Waals surface area (Å²) in [7, 11) is 0. The van der Waals surface area contributed by atoms with Crippen molar-refractivity contribution in [3.8, 4) is 0 Å². The molecular formula is C16H17N3O2. The zero-order chi connectivity index (χ0) is 15.1. The average Bonchev–Trinajstić information content (AvgIpc) is 2.50. The summed E-state index contributed by atoms with van der Waals surface area (Å²) in [4.78, 5) is 27.4. The fraction of sp³-hybridized carbons (Fsp3) is 0.188. The Kier molecular flexibility index (Phi) is 5.04. The summed E-state index contributed by atoms with van der Waals surface area (Å²) in [5.41, 5.74) is 1.47. The monoisotopic (exact) mass is 283 g/mol. The molecule has 0 aliphatic rings. The molecule has 21 heavy (non-hydrogen) atoms. The summed E-state index contributed by atoms with van der Waals surface area (Å²) < 4.78 is 1.48. The molecule has 0 bridgehead atoms. The molecule has 0 aliphatic heterocycles. The molecule has 0 spiro atoms. The van der Waals surface area contributed by atoms with Crippen molar-refractivity contribution in [1.29, 1.82) is 0 Å². The molecule has 1 aromatic heterocycles. The van der Waals surface area contributed by atoms with Crippen LogP contribution in [0.5, 0.6) is 0 Å². The van der Waals surface area contributed by atoms with Crippen LogP contribution in [-0.4, -0.2) is 22.0 Å². The van der Waals surface area contributed by atoms with Crippen molar-refractivity contribution in [2.45, 2.75) is 13.5 Å². The fourth-order valence-electron chi connectivity index (χ4n) is 1.81. The van der Waals surface area contributed by atoms with Crippen LogP contribution in [0.4, 0.5) is 0 Å². The number of aromatic nitrogens is 2. The molecule has 0 atom stereocenters. The normalized spacial score (nSPS) is 10.7. The molecular weight excluding hydrogens is 266 g/mol. The van der Waals surface area contributed by atoms with Gasteiger partial charge in [0.15, 0.2) is 0 Å². The first-order chi connectivity index (χ1) is 10.2. The molecule has 0 saturated heterocycles. The first-order valence-electron chi connectivity index (χ1n) is 6.69. The molecule has 5 nitrogen and oxygen atoms in total. The summed E-state index contributed by atoms with van der Waals surface area (Å²) in [6, 6.07) is 9.58. The van der Waals surface area contributed by atoms with Gasteiger partial charge in [0.25, 0.3) is 5.56 Å². The summed E-state index contributed by atoms with van der Waals surface area (Å²) in [6.45, 7) is 2.49. The molecule has 0 unspecified atom stereocenters. The number of amides is 1. The lowest BCUT2D eigenvalue weighted by Crippen LogP contribution is -2.30. The van der Waals surface area contributed by atoms with Crippen molar-refractivity contribution in [3.05, 3.63) is 70.4 Å². The Morgan fingerprint density at radius 1 is 1.33 bits per heavy atom. The molecule has 108 valence electrons. The highest BCUT2D eigenvalue weighted by atomic mass is 16.1. The molecule has 0 fully saturated rings. The minimum Gasteiger partial charge on any atom is -0.351 e. The molecule has 0 radical (unpaired) electrons. The van der Waals surface area contributed by atoms with Gasteiger partial charge in [-0.2, -0.15) is 0 Å². The molecule has 2 aromatic rings. The SMILES string of the molecule is Cc1cncn(CCNC(=O)/C=C/c2ccccc2)c1=O. The number of aryl methyl sites for hydroxylation is 1.